The van der Waals surface area contributed by atoms with E-state index in [0.717, 1.165) is 12.1 Å². The van der Waals surface area contributed by atoms with Crippen molar-refractivity contribution in [2.24, 2.45) is 0 Å². The smallest absolute Gasteiger partial charge is 0.371 e. The Morgan fingerprint density at radius 1 is 1.47 bits per heavy atom. The minimum atomic E-state index is -4.25. The van der Waals surface area contributed by atoms with Crippen LogP contribution in [0.3, 0.4) is 0 Å². The fourth-order valence-electron chi connectivity index (χ4n) is 0.850. The number of halogens is 2. The molecule has 0 aromatic carbocycles. The predicted octanol–water partition coefficient (Wildman–Crippen LogP) is 1.02. The summed E-state index contributed by atoms with van der Waals surface area (Å²) in [6, 6.07) is 1.72. The third-order valence-electron chi connectivity index (χ3n) is 1.44. The molecule has 0 saturated heterocycles. The number of alkyl halides is 2. The second-order valence-corrected chi connectivity index (χ2v) is 4.56. The Morgan fingerprint density at radius 2 is 2.07 bits per heavy atom. The van der Waals surface area contributed by atoms with Crippen molar-refractivity contribution in [1.29, 1.82) is 0 Å². The zero-order chi connectivity index (χ0) is 11.6. The number of hydrogen-bond donors (Lipinski definition) is 1. The maximum absolute atomic E-state index is 11.8. The second-order valence-electron chi connectivity index (χ2n) is 2.60. The average molecular weight is 240 g/mol. The molecule has 0 unspecified atom stereocenters. The van der Waals surface area contributed by atoms with Crippen LogP contribution in [0.5, 0.6) is 0 Å². The molecule has 0 aliphatic rings. The van der Waals surface area contributed by atoms with Crippen LogP contribution in [0.1, 0.15) is 10.6 Å². The Balaban J connectivity index is 3.01. The normalized spacial score (nSPS) is 11.9. The van der Waals surface area contributed by atoms with Crippen LogP contribution < -0.4 is 0 Å². The quantitative estimate of drug-likeness (QED) is 0.849. The highest BCUT2D eigenvalue weighted by Crippen LogP contribution is 2.17. The van der Waals surface area contributed by atoms with Crippen molar-refractivity contribution in [2.75, 3.05) is 5.75 Å². The molecule has 0 saturated carbocycles. The molecule has 0 amide bonds. The monoisotopic (exact) mass is 240 g/mol. The molecule has 0 atom stereocenters. The minimum absolute atomic E-state index is 0.608. The number of furan rings is 1. The molecule has 84 valence electrons. The third kappa shape index (κ3) is 2.75. The van der Waals surface area contributed by atoms with Crippen LogP contribution in [-0.4, -0.2) is 31.7 Å². The van der Waals surface area contributed by atoms with Crippen molar-refractivity contribution in [1.82, 2.24) is 0 Å². The minimum Gasteiger partial charge on any atom is -0.475 e. The van der Waals surface area contributed by atoms with Gasteiger partial charge in [-0.3, -0.25) is 0 Å². The number of carboxylic acid groups (broad SMARTS) is 1. The van der Waals surface area contributed by atoms with Gasteiger partial charge in [-0.1, -0.05) is 0 Å². The molecule has 0 spiro atoms. The molecule has 1 aromatic rings. The molecule has 15 heavy (non-hydrogen) atoms. The molecule has 0 bridgehead atoms. The summed E-state index contributed by atoms with van der Waals surface area (Å²) in [4.78, 5) is 10.3. The van der Waals surface area contributed by atoms with Crippen LogP contribution in [0.15, 0.2) is 21.6 Å². The van der Waals surface area contributed by atoms with Gasteiger partial charge in [0.1, 0.15) is 5.75 Å². The zero-order valence-electron chi connectivity index (χ0n) is 7.18. The highest BCUT2D eigenvalue weighted by molar-refractivity contribution is 7.91. The van der Waals surface area contributed by atoms with E-state index in [0.29, 0.717) is 0 Å². The lowest BCUT2D eigenvalue weighted by Crippen LogP contribution is -2.13. The van der Waals surface area contributed by atoms with Gasteiger partial charge in [-0.2, -0.15) is 0 Å². The van der Waals surface area contributed by atoms with Gasteiger partial charge in [0.2, 0.25) is 20.7 Å². The molecule has 8 heteroatoms. The number of carboxylic acids is 1. The summed E-state index contributed by atoms with van der Waals surface area (Å²) in [5.74, 6) is -3.46. The lowest BCUT2D eigenvalue weighted by atomic mass is 10.5. The van der Waals surface area contributed by atoms with Crippen LogP contribution in [-0.2, 0) is 9.84 Å². The van der Waals surface area contributed by atoms with Gasteiger partial charge in [0.05, 0.1) is 0 Å². The SMILES string of the molecule is O=C(O)c1ccc(S(=O)(=O)CC(F)F)o1. The van der Waals surface area contributed by atoms with Crippen LogP contribution in [0, 0.1) is 0 Å². The molecule has 1 rings (SSSR count). The standard InChI is InChI=1S/C7H6F2O5S/c8-5(9)3-15(12,13)6-2-1-4(14-6)7(10)11/h1-2,5H,3H2,(H,10,11). The number of rotatable bonds is 4. The van der Waals surface area contributed by atoms with E-state index in [4.69, 9.17) is 5.11 Å². The van der Waals surface area contributed by atoms with Gasteiger partial charge < -0.3 is 9.52 Å². The van der Waals surface area contributed by atoms with Crippen molar-refractivity contribution < 1.29 is 31.5 Å². The van der Waals surface area contributed by atoms with Crippen molar-refractivity contribution in [3.8, 4) is 0 Å². The lowest BCUT2D eigenvalue weighted by molar-refractivity contribution is 0.0656. The molecule has 0 fully saturated rings. The topological polar surface area (TPSA) is 84.6 Å². The highest BCUT2D eigenvalue weighted by Gasteiger charge is 2.25. The van der Waals surface area contributed by atoms with E-state index in [-0.39, 0.29) is 0 Å². The van der Waals surface area contributed by atoms with Crippen molar-refractivity contribution in [2.45, 2.75) is 11.5 Å². The van der Waals surface area contributed by atoms with Crippen molar-refractivity contribution in [3.05, 3.63) is 17.9 Å². The van der Waals surface area contributed by atoms with E-state index < -0.39 is 38.8 Å². The average Bonchev–Trinajstić information content (AvgIpc) is 2.48. The Morgan fingerprint density at radius 3 is 2.47 bits per heavy atom. The first-order valence-electron chi connectivity index (χ1n) is 3.67. The van der Waals surface area contributed by atoms with Gasteiger partial charge in [0.15, 0.2) is 0 Å². The highest BCUT2D eigenvalue weighted by atomic mass is 32.2. The van der Waals surface area contributed by atoms with Gasteiger partial charge in [-0.15, -0.1) is 0 Å². The maximum atomic E-state index is 11.8. The first-order chi connectivity index (χ1) is 6.83. The van der Waals surface area contributed by atoms with E-state index in [1.54, 1.807) is 0 Å². The first-order valence-corrected chi connectivity index (χ1v) is 5.32. The van der Waals surface area contributed by atoms with Gasteiger partial charge in [0.25, 0.3) is 6.43 Å². The number of sulfone groups is 1. The summed E-state index contributed by atoms with van der Waals surface area (Å²) in [5, 5.41) is 7.65. The summed E-state index contributed by atoms with van der Waals surface area (Å²) >= 11 is 0. The molecule has 5 nitrogen and oxygen atoms in total. The van der Waals surface area contributed by atoms with E-state index in [1.807, 2.05) is 0 Å². The molecular formula is C7H6F2O5S. The Bertz CT molecular complexity index is 461. The third-order valence-corrected chi connectivity index (χ3v) is 2.97. The van der Waals surface area contributed by atoms with Gasteiger partial charge >= 0.3 is 5.97 Å². The van der Waals surface area contributed by atoms with Crippen LogP contribution in [0.25, 0.3) is 0 Å². The van der Waals surface area contributed by atoms with E-state index >= 15 is 0 Å². The first kappa shape index (κ1) is 11.6. The predicted molar refractivity (Wildman–Crippen MR) is 43.7 cm³/mol. The number of aromatic carboxylic acids is 1. The molecular weight excluding hydrogens is 234 g/mol. The second kappa shape index (κ2) is 3.97. The summed E-state index contributed by atoms with van der Waals surface area (Å²) in [7, 11) is -4.25. The Kier molecular flexibility index (Phi) is 3.08. The summed E-state index contributed by atoms with van der Waals surface area (Å²) in [6.07, 6.45) is -3.03. The fraction of sp³-hybridized carbons (Fsp3) is 0.286. The van der Waals surface area contributed by atoms with E-state index in [1.165, 1.54) is 0 Å². The number of hydrogen-bond acceptors (Lipinski definition) is 4. The van der Waals surface area contributed by atoms with Crippen LogP contribution >= 0.6 is 0 Å². The molecule has 0 aliphatic carbocycles. The Hall–Kier alpha value is -1.44. The lowest BCUT2D eigenvalue weighted by Gasteiger charge is -1.98. The summed E-state index contributed by atoms with van der Waals surface area (Å²) in [5.41, 5.74) is 0. The maximum Gasteiger partial charge on any atom is 0.371 e. The van der Waals surface area contributed by atoms with Crippen LogP contribution in [0.2, 0.25) is 0 Å². The fourth-order valence-corrected chi connectivity index (χ4v) is 1.84. The zero-order valence-corrected chi connectivity index (χ0v) is 8.00. The Labute approximate surface area is 83.2 Å². The molecule has 1 aromatic heterocycles. The van der Waals surface area contributed by atoms with Crippen molar-refractivity contribution >= 4 is 15.8 Å². The van der Waals surface area contributed by atoms with Gasteiger partial charge in [-0.25, -0.2) is 22.0 Å². The van der Waals surface area contributed by atoms with Crippen LogP contribution in [0.4, 0.5) is 8.78 Å². The van der Waals surface area contributed by atoms with Gasteiger partial charge in [-0.05, 0) is 12.1 Å². The molecule has 0 radical (unpaired) electrons. The summed E-state index contributed by atoms with van der Waals surface area (Å²) in [6.45, 7) is 0. The molecule has 0 aliphatic heterocycles. The molecule has 1 N–H and O–H groups in total. The molecule has 1 heterocycles. The number of carbonyl (C=O) groups is 1. The largest absolute Gasteiger partial charge is 0.475 e. The van der Waals surface area contributed by atoms with Crippen molar-refractivity contribution in [3.63, 3.8) is 0 Å². The summed E-state index contributed by atoms with van der Waals surface area (Å²) < 4.78 is 50.3. The van der Waals surface area contributed by atoms with E-state index in [9.17, 15) is 22.0 Å². The van der Waals surface area contributed by atoms with E-state index in [2.05, 4.69) is 4.42 Å². The van der Waals surface area contributed by atoms with Gasteiger partial charge in [0, 0.05) is 0 Å².